The van der Waals surface area contributed by atoms with Crippen LogP contribution in [-0.2, 0) is 0 Å². The maximum Gasteiger partial charge on any atom is 0.147 e. The summed E-state index contributed by atoms with van der Waals surface area (Å²) < 4.78 is 24.6. The number of furan rings is 3. The summed E-state index contributed by atoms with van der Waals surface area (Å²) in [6.07, 6.45) is 4.60. The first-order valence-electron chi connectivity index (χ1n) is 25.6. The predicted molar refractivity (Wildman–Crippen MR) is 312 cm³/mol. The molecule has 1 aliphatic carbocycles. The Kier molecular flexibility index (Phi) is 7.54. The van der Waals surface area contributed by atoms with E-state index in [1.807, 2.05) is 12.1 Å². The molecule has 17 aromatic rings. The normalized spacial score (nSPS) is 12.7. The van der Waals surface area contributed by atoms with Crippen molar-refractivity contribution < 1.29 is 13.3 Å². The van der Waals surface area contributed by atoms with Gasteiger partial charge in [0.25, 0.3) is 0 Å². The highest BCUT2D eigenvalue weighted by Crippen LogP contribution is 2.49. The Morgan fingerprint density at radius 3 is 1.52 bits per heavy atom. The van der Waals surface area contributed by atoms with Crippen molar-refractivity contribution in [3.05, 3.63) is 230 Å². The van der Waals surface area contributed by atoms with Crippen LogP contribution in [-0.4, -0.2) is 9.13 Å². The number of benzene rings is 12. The molecule has 12 aromatic carbocycles. The van der Waals surface area contributed by atoms with E-state index in [-0.39, 0.29) is 0 Å². The average molecular weight is 955 g/mol. The summed E-state index contributed by atoms with van der Waals surface area (Å²) in [5.74, 6) is 0. The van der Waals surface area contributed by atoms with E-state index in [1.165, 1.54) is 70.8 Å². The highest BCUT2D eigenvalue weighted by molar-refractivity contribution is 6.32. The third kappa shape index (κ3) is 5.25. The van der Waals surface area contributed by atoms with Gasteiger partial charge in [-0.1, -0.05) is 121 Å². The van der Waals surface area contributed by atoms with E-state index < -0.39 is 0 Å². The molecule has 0 bridgehead atoms. The summed E-state index contributed by atoms with van der Waals surface area (Å²) >= 11 is 0. The molecule has 0 N–H and O–H groups in total. The molecular formula is C70H38N2O3. The molecule has 0 unspecified atom stereocenters. The quantitative estimate of drug-likeness (QED) is 0.165. The molecule has 5 nitrogen and oxygen atoms in total. The van der Waals surface area contributed by atoms with Crippen molar-refractivity contribution in [2.75, 3.05) is 0 Å². The minimum atomic E-state index is 0.822. The average Bonchev–Trinajstić information content (AvgIpc) is 4.35. The van der Waals surface area contributed by atoms with Crippen LogP contribution in [0.4, 0.5) is 0 Å². The van der Waals surface area contributed by atoms with Crippen molar-refractivity contribution in [3.8, 4) is 33.6 Å². The maximum atomic E-state index is 6.68. The third-order valence-electron chi connectivity index (χ3n) is 16.4. The van der Waals surface area contributed by atoms with E-state index >= 15 is 0 Å². The fourth-order valence-electron chi connectivity index (χ4n) is 13.1. The van der Waals surface area contributed by atoms with E-state index in [2.05, 4.69) is 228 Å². The Labute approximate surface area is 426 Å². The zero-order valence-electron chi connectivity index (χ0n) is 40.1. The van der Waals surface area contributed by atoms with Crippen LogP contribution in [0.5, 0.6) is 0 Å². The molecule has 0 atom stereocenters. The second-order valence-electron chi connectivity index (χ2n) is 20.3. The van der Waals surface area contributed by atoms with Gasteiger partial charge < -0.3 is 22.4 Å². The van der Waals surface area contributed by atoms with E-state index in [4.69, 9.17) is 13.3 Å². The van der Waals surface area contributed by atoms with Crippen molar-refractivity contribution in [2.24, 2.45) is 0 Å². The van der Waals surface area contributed by atoms with Gasteiger partial charge in [-0.05, 0) is 159 Å². The van der Waals surface area contributed by atoms with Crippen LogP contribution >= 0.6 is 0 Å². The number of para-hydroxylation sites is 4. The molecule has 5 aromatic heterocycles. The molecule has 5 heterocycles. The molecule has 0 fully saturated rings. The summed E-state index contributed by atoms with van der Waals surface area (Å²) in [7, 11) is 0. The smallest absolute Gasteiger partial charge is 0.147 e. The first kappa shape index (κ1) is 39.5. The fourth-order valence-corrected chi connectivity index (χ4v) is 13.1. The van der Waals surface area contributed by atoms with Gasteiger partial charge in [-0.25, -0.2) is 0 Å². The Balaban J connectivity index is 0.859. The number of aromatic nitrogens is 2. The zero-order chi connectivity index (χ0) is 48.6. The van der Waals surface area contributed by atoms with Gasteiger partial charge in [0, 0.05) is 59.9 Å². The molecule has 18 rings (SSSR count). The predicted octanol–water partition coefficient (Wildman–Crippen LogP) is 19.7. The van der Waals surface area contributed by atoms with Crippen molar-refractivity contribution in [2.45, 2.75) is 0 Å². The van der Waals surface area contributed by atoms with Crippen LogP contribution in [0.2, 0.25) is 0 Å². The van der Waals surface area contributed by atoms with Gasteiger partial charge in [0.05, 0.1) is 32.8 Å². The van der Waals surface area contributed by atoms with Crippen LogP contribution in [0, 0.1) is 0 Å². The van der Waals surface area contributed by atoms with Gasteiger partial charge in [-0.2, -0.15) is 0 Å². The van der Waals surface area contributed by atoms with Crippen LogP contribution in [0.1, 0.15) is 11.1 Å². The second kappa shape index (κ2) is 14.3. The summed E-state index contributed by atoms with van der Waals surface area (Å²) in [5.41, 5.74) is 19.2. The third-order valence-corrected chi connectivity index (χ3v) is 16.4. The molecule has 0 amide bonds. The number of nitrogens with zero attached hydrogens (tertiary/aromatic N) is 2. The Morgan fingerprint density at radius 1 is 0.253 bits per heavy atom. The van der Waals surface area contributed by atoms with Crippen molar-refractivity contribution >= 4 is 143 Å². The van der Waals surface area contributed by atoms with E-state index in [1.54, 1.807) is 0 Å². The molecule has 1 aliphatic rings. The molecule has 0 radical (unpaired) electrons. The Morgan fingerprint density at radius 2 is 0.773 bits per heavy atom. The molecule has 0 aliphatic heterocycles. The molecule has 346 valence electrons. The lowest BCUT2D eigenvalue weighted by Crippen LogP contribution is -1.97. The SMILES string of the molecule is C1=Cc2c1c1ccc(-c3ccc4oc5ccc6c7ccccc7n(-c7ccccc7)c6c5c4c3)cc1c1ccc3c(c4cc(-c5ccc6oc7ccc8c9ccccc9oc8c7c6c5)ccc4n3-c3ccccc3)c21. The maximum absolute atomic E-state index is 6.68. The Bertz CT molecular complexity index is 5410. The van der Waals surface area contributed by atoms with Gasteiger partial charge in [0.15, 0.2) is 0 Å². The lowest BCUT2D eigenvalue weighted by atomic mass is 9.83. The van der Waals surface area contributed by atoms with Gasteiger partial charge in [0.2, 0.25) is 0 Å². The fraction of sp³-hybridized carbons (Fsp3) is 0. The van der Waals surface area contributed by atoms with Gasteiger partial charge in [-0.3, -0.25) is 0 Å². The second-order valence-corrected chi connectivity index (χ2v) is 20.3. The van der Waals surface area contributed by atoms with Crippen LogP contribution in [0.3, 0.4) is 0 Å². The number of fused-ring (bicyclic) bond motifs is 24. The topological polar surface area (TPSA) is 49.3 Å². The van der Waals surface area contributed by atoms with Crippen LogP contribution < -0.4 is 0 Å². The number of hydrogen-bond acceptors (Lipinski definition) is 3. The minimum absolute atomic E-state index is 0.822. The number of rotatable bonds is 4. The molecule has 0 saturated carbocycles. The monoisotopic (exact) mass is 954 g/mol. The van der Waals surface area contributed by atoms with Crippen LogP contribution in [0.15, 0.2) is 232 Å². The lowest BCUT2D eigenvalue weighted by Gasteiger charge is -2.20. The first-order chi connectivity index (χ1) is 37.2. The van der Waals surface area contributed by atoms with E-state index in [0.29, 0.717) is 0 Å². The molecular weight excluding hydrogens is 917 g/mol. The summed E-state index contributed by atoms with van der Waals surface area (Å²) in [6.45, 7) is 0. The summed E-state index contributed by atoms with van der Waals surface area (Å²) in [5, 5.41) is 16.4. The van der Waals surface area contributed by atoms with Gasteiger partial charge >= 0.3 is 0 Å². The minimum Gasteiger partial charge on any atom is -0.456 e. The van der Waals surface area contributed by atoms with Crippen molar-refractivity contribution in [1.82, 2.24) is 9.13 Å². The van der Waals surface area contributed by atoms with E-state index in [9.17, 15) is 0 Å². The van der Waals surface area contributed by atoms with Gasteiger partial charge in [0.1, 0.15) is 33.5 Å². The highest BCUT2D eigenvalue weighted by Gasteiger charge is 2.25. The lowest BCUT2D eigenvalue weighted by molar-refractivity contribution is 0.663. The summed E-state index contributed by atoms with van der Waals surface area (Å²) in [6, 6.07) is 79.0. The van der Waals surface area contributed by atoms with Crippen molar-refractivity contribution in [3.63, 3.8) is 0 Å². The van der Waals surface area contributed by atoms with E-state index in [0.717, 1.165) is 105 Å². The molecule has 75 heavy (non-hydrogen) atoms. The largest absolute Gasteiger partial charge is 0.456 e. The molecule has 5 heteroatoms. The van der Waals surface area contributed by atoms with Crippen molar-refractivity contribution in [1.29, 1.82) is 0 Å². The number of hydrogen-bond donors (Lipinski definition) is 0. The molecule has 0 saturated heterocycles. The highest BCUT2D eigenvalue weighted by atomic mass is 16.3. The zero-order valence-corrected chi connectivity index (χ0v) is 40.1. The Hall–Kier alpha value is -10.1. The summed E-state index contributed by atoms with van der Waals surface area (Å²) in [4.78, 5) is 0. The van der Waals surface area contributed by atoms with Crippen LogP contribution in [0.25, 0.3) is 177 Å². The first-order valence-corrected chi connectivity index (χ1v) is 25.6. The van der Waals surface area contributed by atoms with Gasteiger partial charge in [-0.15, -0.1) is 0 Å². The molecule has 0 spiro atoms. The standard InChI is InChI=1S/C70H38N2O3/c1-3-11-43(12-4-1)71-58-29-20-40(42-22-32-62-56(38-42)68-64(74-62)34-28-52-48-16-8-10-18-60(48)75-70(52)68)36-54(58)66-59(71)30-26-50-53-35-39(19-23-46(53)45-24-25-49(45)65(50)66)41-21-31-61-55(37-41)67-63(73-61)33-27-51-47-15-7-9-17-57(47)72(69(51)67)44-13-5-2-6-14-44/h1-38H.